The molecule has 1 N–H and O–H groups in total. The van der Waals surface area contributed by atoms with Crippen molar-refractivity contribution in [3.8, 4) is 5.75 Å². The molecule has 0 radical (unpaired) electrons. The monoisotopic (exact) mass is 407 g/mol. The molecule has 0 saturated carbocycles. The van der Waals surface area contributed by atoms with E-state index >= 15 is 0 Å². The molecule has 0 spiro atoms. The summed E-state index contributed by atoms with van der Waals surface area (Å²) in [5, 5.41) is 0.499. The number of carbonyl (C=O) groups is 1. The summed E-state index contributed by atoms with van der Waals surface area (Å²) in [6.07, 6.45) is 0. The van der Waals surface area contributed by atoms with E-state index in [1.807, 2.05) is 30.3 Å². The number of nitrogens with zero attached hydrogens (tertiary/aromatic N) is 1. The van der Waals surface area contributed by atoms with Gasteiger partial charge in [-0.2, -0.15) is 0 Å². The number of hydrogen-bond donors (Lipinski definition) is 1. The topological polar surface area (TPSA) is 64.2 Å². The minimum atomic E-state index is -0.464. The maximum Gasteiger partial charge on any atom is 0.291 e. The van der Waals surface area contributed by atoms with Crippen molar-refractivity contribution in [2.45, 2.75) is 19.9 Å². The number of rotatable bonds is 7. The van der Waals surface area contributed by atoms with E-state index in [4.69, 9.17) is 9.15 Å². The molecule has 0 saturated heterocycles. The average molecular weight is 407 g/mol. The summed E-state index contributed by atoms with van der Waals surface area (Å²) >= 11 is 0. The molecule has 30 heavy (non-hydrogen) atoms. The van der Waals surface area contributed by atoms with Gasteiger partial charge in [-0.3, -0.25) is 9.59 Å². The normalized spacial score (nSPS) is 15.8. The molecule has 0 unspecified atom stereocenters. The summed E-state index contributed by atoms with van der Waals surface area (Å²) in [5.41, 5.74) is 1.61. The lowest BCUT2D eigenvalue weighted by molar-refractivity contribution is -0.895. The van der Waals surface area contributed by atoms with Crippen LogP contribution >= 0.6 is 0 Å². The summed E-state index contributed by atoms with van der Waals surface area (Å²) in [5.74, 6) is 0.669. The number of likely N-dealkylation sites (N-methyl/N-ethyl adjacent to an activating group) is 1. The van der Waals surface area contributed by atoms with Gasteiger partial charge in [-0.15, -0.1) is 0 Å². The zero-order valence-corrected chi connectivity index (χ0v) is 17.6. The third-order valence-corrected chi connectivity index (χ3v) is 6.01. The zero-order valence-electron chi connectivity index (χ0n) is 17.6. The van der Waals surface area contributed by atoms with Crippen LogP contribution in [-0.2, 0) is 0 Å². The van der Waals surface area contributed by atoms with Crippen LogP contribution in [-0.4, -0.2) is 44.1 Å². The van der Waals surface area contributed by atoms with Gasteiger partial charge in [0.1, 0.15) is 11.3 Å². The van der Waals surface area contributed by atoms with E-state index in [2.05, 4.69) is 13.8 Å². The molecule has 6 heteroatoms. The van der Waals surface area contributed by atoms with Crippen molar-refractivity contribution in [2.24, 2.45) is 0 Å². The van der Waals surface area contributed by atoms with Gasteiger partial charge in [0, 0.05) is 0 Å². The smallest absolute Gasteiger partial charge is 0.291 e. The Morgan fingerprint density at radius 3 is 2.40 bits per heavy atom. The molecule has 2 heterocycles. The van der Waals surface area contributed by atoms with Crippen LogP contribution in [0.4, 0.5) is 0 Å². The van der Waals surface area contributed by atoms with Gasteiger partial charge in [-0.25, -0.2) is 0 Å². The second-order valence-corrected chi connectivity index (χ2v) is 7.55. The molecule has 0 fully saturated rings. The van der Waals surface area contributed by atoms with E-state index in [1.54, 1.807) is 30.2 Å². The first-order valence-corrected chi connectivity index (χ1v) is 10.4. The van der Waals surface area contributed by atoms with E-state index in [9.17, 15) is 9.59 Å². The molecule has 1 atom stereocenters. The van der Waals surface area contributed by atoms with Crippen LogP contribution in [0.25, 0.3) is 11.0 Å². The lowest BCUT2D eigenvalue weighted by atomic mass is 9.98. The molecule has 6 nitrogen and oxygen atoms in total. The Bertz CT molecular complexity index is 1120. The summed E-state index contributed by atoms with van der Waals surface area (Å²) in [6, 6.07) is 14.2. The molecular weight excluding hydrogens is 380 g/mol. The van der Waals surface area contributed by atoms with Gasteiger partial charge in [0.05, 0.1) is 50.3 Å². The van der Waals surface area contributed by atoms with E-state index in [-0.39, 0.29) is 17.1 Å². The quantitative estimate of drug-likeness (QED) is 0.653. The molecule has 156 valence electrons. The highest BCUT2D eigenvalue weighted by Crippen LogP contribution is 2.38. The SMILES string of the molecule is CC[NH+](CC)CCN1C(=O)c2oc3ccccc3c(=O)c2[C@@H]1c1ccc(OC)cc1. The largest absolute Gasteiger partial charge is 0.497 e. The number of methoxy groups -OCH3 is 1. The van der Waals surface area contributed by atoms with Crippen molar-refractivity contribution in [1.29, 1.82) is 0 Å². The fraction of sp³-hybridized carbons (Fsp3) is 0.333. The maximum absolute atomic E-state index is 13.4. The molecule has 4 rings (SSSR count). The van der Waals surface area contributed by atoms with E-state index < -0.39 is 6.04 Å². The second-order valence-electron chi connectivity index (χ2n) is 7.55. The third-order valence-electron chi connectivity index (χ3n) is 6.01. The van der Waals surface area contributed by atoms with Crippen LogP contribution in [0.3, 0.4) is 0 Å². The van der Waals surface area contributed by atoms with E-state index in [1.165, 1.54) is 4.90 Å². The minimum absolute atomic E-state index is 0.140. The zero-order chi connectivity index (χ0) is 21.3. The van der Waals surface area contributed by atoms with Gasteiger partial charge in [0.2, 0.25) is 5.76 Å². The van der Waals surface area contributed by atoms with Crippen LogP contribution in [0.1, 0.15) is 41.6 Å². The number of hydrogen-bond acceptors (Lipinski definition) is 4. The van der Waals surface area contributed by atoms with Crippen LogP contribution in [0, 0.1) is 0 Å². The fourth-order valence-electron chi connectivity index (χ4n) is 4.21. The van der Waals surface area contributed by atoms with Crippen molar-refractivity contribution in [3.05, 3.63) is 75.6 Å². The first-order valence-electron chi connectivity index (χ1n) is 10.4. The van der Waals surface area contributed by atoms with Gasteiger partial charge in [0.25, 0.3) is 5.91 Å². The Morgan fingerprint density at radius 2 is 1.73 bits per heavy atom. The number of nitrogens with one attached hydrogen (secondary N) is 1. The number of benzene rings is 2. The standard InChI is InChI=1S/C24H26N2O4/c1-4-25(5-2)14-15-26-21(16-10-12-17(29-3)13-11-16)20-22(27)18-8-6-7-9-19(18)30-23(20)24(26)28/h6-13,21H,4-5,14-15H2,1-3H3/p+1/t21-/m0/s1. The molecule has 1 aliphatic heterocycles. The van der Waals surface area contributed by atoms with Gasteiger partial charge in [-0.1, -0.05) is 24.3 Å². The van der Waals surface area contributed by atoms with Gasteiger partial charge in [0.15, 0.2) is 5.43 Å². The Labute approximate surface area is 175 Å². The van der Waals surface area contributed by atoms with Gasteiger partial charge in [-0.05, 0) is 43.7 Å². The first-order chi connectivity index (χ1) is 14.6. The molecule has 3 aromatic rings. The lowest BCUT2D eigenvalue weighted by Crippen LogP contribution is -3.12. The Kier molecular flexibility index (Phi) is 5.59. The number of ether oxygens (including phenoxy) is 1. The van der Waals surface area contributed by atoms with Crippen LogP contribution in [0.15, 0.2) is 57.7 Å². The number of quaternary nitrogens is 1. The fourth-order valence-corrected chi connectivity index (χ4v) is 4.21. The Balaban J connectivity index is 1.84. The summed E-state index contributed by atoms with van der Waals surface area (Å²) in [4.78, 5) is 29.9. The number of fused-ring (bicyclic) bond motifs is 2. The highest BCUT2D eigenvalue weighted by atomic mass is 16.5. The Morgan fingerprint density at radius 1 is 1.03 bits per heavy atom. The van der Waals surface area contributed by atoms with Crippen molar-refractivity contribution in [2.75, 3.05) is 33.3 Å². The first kappa shape index (κ1) is 20.2. The van der Waals surface area contributed by atoms with Crippen molar-refractivity contribution in [3.63, 3.8) is 0 Å². The molecule has 0 aliphatic carbocycles. The van der Waals surface area contributed by atoms with Crippen LogP contribution in [0.2, 0.25) is 0 Å². The lowest BCUT2D eigenvalue weighted by Gasteiger charge is -2.26. The van der Waals surface area contributed by atoms with Crippen molar-refractivity contribution >= 4 is 16.9 Å². The average Bonchev–Trinajstić information content (AvgIpc) is 3.07. The second kappa shape index (κ2) is 8.32. The minimum Gasteiger partial charge on any atom is -0.497 e. The highest BCUT2D eigenvalue weighted by molar-refractivity contribution is 5.99. The van der Waals surface area contributed by atoms with Crippen molar-refractivity contribution < 1.29 is 18.8 Å². The van der Waals surface area contributed by atoms with Gasteiger partial charge >= 0.3 is 0 Å². The number of amides is 1. The third kappa shape index (κ3) is 3.37. The van der Waals surface area contributed by atoms with E-state index in [0.29, 0.717) is 23.1 Å². The molecule has 1 aliphatic rings. The number of carbonyl (C=O) groups excluding carboxylic acids is 1. The Hall–Kier alpha value is -3.12. The van der Waals surface area contributed by atoms with E-state index in [0.717, 1.165) is 30.9 Å². The molecule has 1 aromatic heterocycles. The van der Waals surface area contributed by atoms with Crippen LogP contribution in [0.5, 0.6) is 5.75 Å². The summed E-state index contributed by atoms with van der Waals surface area (Å²) in [7, 11) is 1.61. The van der Waals surface area contributed by atoms with Gasteiger partial charge < -0.3 is 19.0 Å². The molecular formula is C24H27N2O4+. The highest BCUT2D eigenvalue weighted by Gasteiger charge is 2.42. The molecule has 1 amide bonds. The predicted molar refractivity (Wildman–Crippen MR) is 115 cm³/mol. The molecule has 0 bridgehead atoms. The molecule has 2 aromatic carbocycles. The number of para-hydroxylation sites is 1. The maximum atomic E-state index is 13.4. The summed E-state index contributed by atoms with van der Waals surface area (Å²) < 4.78 is 11.2. The predicted octanol–water partition coefficient (Wildman–Crippen LogP) is 2.27. The van der Waals surface area contributed by atoms with Crippen molar-refractivity contribution in [1.82, 2.24) is 4.90 Å². The van der Waals surface area contributed by atoms with Crippen LogP contribution < -0.4 is 15.1 Å². The summed E-state index contributed by atoms with van der Waals surface area (Å²) in [6.45, 7) is 7.61.